The summed E-state index contributed by atoms with van der Waals surface area (Å²) in [6.45, 7) is 3.56. The van der Waals surface area contributed by atoms with Gasteiger partial charge in [-0.15, -0.1) is 0 Å². The van der Waals surface area contributed by atoms with Crippen LogP contribution in [0.5, 0.6) is 0 Å². The molecule has 1 aliphatic heterocycles. The third-order valence-electron chi connectivity index (χ3n) is 3.34. The fraction of sp³-hybridized carbons (Fsp3) is 0.500. The van der Waals surface area contributed by atoms with Crippen molar-refractivity contribution in [3.05, 3.63) is 27.8 Å². The third kappa shape index (κ3) is 4.74. The molecule has 1 heterocycles. The van der Waals surface area contributed by atoms with Crippen LogP contribution in [0, 0.1) is 9.49 Å². The summed E-state index contributed by atoms with van der Waals surface area (Å²) in [5.74, 6) is 0.752. The van der Waals surface area contributed by atoms with E-state index in [1.54, 1.807) is 0 Å². The molecule has 104 valence electrons. The van der Waals surface area contributed by atoms with Gasteiger partial charge in [0, 0.05) is 15.8 Å². The minimum absolute atomic E-state index is 0.0760. The molecule has 0 radical (unpaired) electrons. The first-order valence-electron chi connectivity index (χ1n) is 6.60. The molecule has 19 heavy (non-hydrogen) atoms. The number of halogens is 1. The molecule has 1 aromatic rings. The van der Waals surface area contributed by atoms with Gasteiger partial charge in [-0.05, 0) is 73.3 Å². The molecule has 4 nitrogen and oxygen atoms in total. The van der Waals surface area contributed by atoms with E-state index in [2.05, 4.69) is 38.1 Å². The summed E-state index contributed by atoms with van der Waals surface area (Å²) in [4.78, 5) is 14.2. The zero-order valence-corrected chi connectivity index (χ0v) is 13.3. The summed E-state index contributed by atoms with van der Waals surface area (Å²) in [5, 5.41) is 6.16. The van der Waals surface area contributed by atoms with Gasteiger partial charge in [-0.2, -0.15) is 0 Å². The highest BCUT2D eigenvalue weighted by Crippen LogP contribution is 2.16. The van der Waals surface area contributed by atoms with Crippen molar-refractivity contribution in [1.29, 1.82) is 0 Å². The van der Waals surface area contributed by atoms with Crippen molar-refractivity contribution in [3.8, 4) is 0 Å². The molecule has 0 aliphatic carbocycles. The van der Waals surface area contributed by atoms with Gasteiger partial charge in [-0.1, -0.05) is 6.07 Å². The highest BCUT2D eigenvalue weighted by molar-refractivity contribution is 14.1. The number of carbonyl (C=O) groups excluding carboxylic acids is 1. The molecule has 2 N–H and O–H groups in total. The lowest BCUT2D eigenvalue weighted by molar-refractivity contribution is -0.117. The van der Waals surface area contributed by atoms with E-state index in [0.717, 1.165) is 28.9 Å². The Kier molecular flexibility index (Phi) is 5.59. The van der Waals surface area contributed by atoms with Crippen molar-refractivity contribution in [3.63, 3.8) is 0 Å². The van der Waals surface area contributed by atoms with Gasteiger partial charge >= 0.3 is 0 Å². The van der Waals surface area contributed by atoms with Crippen molar-refractivity contribution in [2.24, 2.45) is 5.92 Å². The molecular formula is C14H20IN3O. The lowest BCUT2D eigenvalue weighted by Crippen LogP contribution is -2.32. The standard InChI is InChI=1S/C14H20IN3O/c1-16-8-11-5-6-18(9-11)10-14(19)17-13-4-2-3-12(15)7-13/h2-4,7,11,16H,5-6,8-10H2,1H3,(H,17,19). The molecule has 0 bridgehead atoms. The first-order valence-corrected chi connectivity index (χ1v) is 7.67. The number of nitrogens with one attached hydrogen (secondary N) is 2. The Bertz CT molecular complexity index is 438. The lowest BCUT2D eigenvalue weighted by atomic mass is 10.1. The van der Waals surface area contributed by atoms with Crippen molar-refractivity contribution >= 4 is 34.2 Å². The van der Waals surface area contributed by atoms with E-state index in [1.807, 2.05) is 31.3 Å². The zero-order chi connectivity index (χ0) is 13.7. The maximum Gasteiger partial charge on any atom is 0.238 e. The number of nitrogens with zero attached hydrogens (tertiary/aromatic N) is 1. The summed E-state index contributed by atoms with van der Waals surface area (Å²) in [6, 6.07) is 7.87. The first kappa shape index (κ1) is 14.7. The second-order valence-electron chi connectivity index (χ2n) is 5.01. The molecular weight excluding hydrogens is 353 g/mol. The lowest BCUT2D eigenvalue weighted by Gasteiger charge is -2.15. The Labute approximate surface area is 128 Å². The van der Waals surface area contributed by atoms with Gasteiger partial charge in [-0.3, -0.25) is 9.69 Å². The maximum atomic E-state index is 12.0. The van der Waals surface area contributed by atoms with Gasteiger partial charge in [0.2, 0.25) is 5.91 Å². The third-order valence-corrected chi connectivity index (χ3v) is 4.01. The minimum atomic E-state index is 0.0760. The van der Waals surface area contributed by atoms with E-state index in [4.69, 9.17) is 0 Å². The van der Waals surface area contributed by atoms with Gasteiger partial charge in [0.15, 0.2) is 0 Å². The van der Waals surface area contributed by atoms with E-state index in [0.29, 0.717) is 12.5 Å². The first-order chi connectivity index (χ1) is 9.17. The monoisotopic (exact) mass is 373 g/mol. The van der Waals surface area contributed by atoms with Gasteiger partial charge in [0.05, 0.1) is 6.54 Å². The number of carbonyl (C=O) groups is 1. The van der Waals surface area contributed by atoms with Crippen LogP contribution < -0.4 is 10.6 Å². The Morgan fingerprint density at radius 3 is 3.11 bits per heavy atom. The van der Waals surface area contributed by atoms with Crippen LogP contribution in [-0.4, -0.2) is 44.0 Å². The normalized spacial score (nSPS) is 19.6. The van der Waals surface area contributed by atoms with E-state index < -0.39 is 0 Å². The van der Waals surface area contributed by atoms with Gasteiger partial charge in [0.25, 0.3) is 0 Å². The predicted octanol–water partition coefficient (Wildman–Crippen LogP) is 1.77. The summed E-state index contributed by atoms with van der Waals surface area (Å²) < 4.78 is 1.13. The maximum absolute atomic E-state index is 12.0. The Hall–Kier alpha value is -0.660. The fourth-order valence-corrected chi connectivity index (χ4v) is 3.02. The highest BCUT2D eigenvalue weighted by atomic mass is 127. The average Bonchev–Trinajstić information content (AvgIpc) is 2.77. The number of hydrogen-bond acceptors (Lipinski definition) is 3. The van der Waals surface area contributed by atoms with Crippen molar-refractivity contribution in [2.45, 2.75) is 6.42 Å². The summed E-state index contributed by atoms with van der Waals surface area (Å²) >= 11 is 2.25. The molecule has 0 saturated carbocycles. The number of benzene rings is 1. The number of likely N-dealkylation sites (tertiary alicyclic amines) is 1. The molecule has 1 fully saturated rings. The molecule has 1 unspecified atom stereocenters. The zero-order valence-electron chi connectivity index (χ0n) is 11.2. The molecule has 0 aromatic heterocycles. The molecule has 1 atom stereocenters. The molecule has 1 amide bonds. The van der Waals surface area contributed by atoms with Crippen molar-refractivity contribution in [2.75, 3.05) is 38.5 Å². The fourth-order valence-electron chi connectivity index (χ4n) is 2.48. The highest BCUT2D eigenvalue weighted by Gasteiger charge is 2.23. The van der Waals surface area contributed by atoms with Gasteiger partial charge in [0.1, 0.15) is 0 Å². The summed E-state index contributed by atoms with van der Waals surface area (Å²) in [7, 11) is 1.98. The summed E-state index contributed by atoms with van der Waals surface area (Å²) in [5.41, 5.74) is 0.878. The quantitative estimate of drug-likeness (QED) is 0.774. The van der Waals surface area contributed by atoms with Crippen LogP contribution in [0.25, 0.3) is 0 Å². The van der Waals surface area contributed by atoms with Crippen LogP contribution in [0.1, 0.15) is 6.42 Å². The molecule has 1 aliphatic rings. The van der Waals surface area contributed by atoms with Crippen LogP contribution in [0.3, 0.4) is 0 Å². The predicted molar refractivity (Wildman–Crippen MR) is 86.3 cm³/mol. The number of anilines is 1. The average molecular weight is 373 g/mol. The van der Waals surface area contributed by atoms with E-state index >= 15 is 0 Å². The van der Waals surface area contributed by atoms with Crippen LogP contribution in [0.15, 0.2) is 24.3 Å². The van der Waals surface area contributed by atoms with E-state index in [9.17, 15) is 4.79 Å². The van der Waals surface area contributed by atoms with Crippen LogP contribution >= 0.6 is 22.6 Å². The van der Waals surface area contributed by atoms with Crippen molar-refractivity contribution < 1.29 is 4.79 Å². The van der Waals surface area contributed by atoms with Gasteiger partial charge < -0.3 is 10.6 Å². The molecule has 1 aromatic carbocycles. The smallest absolute Gasteiger partial charge is 0.238 e. The Morgan fingerprint density at radius 1 is 1.53 bits per heavy atom. The number of hydrogen-bond donors (Lipinski definition) is 2. The minimum Gasteiger partial charge on any atom is -0.325 e. The molecule has 5 heteroatoms. The second kappa shape index (κ2) is 7.21. The van der Waals surface area contributed by atoms with Crippen LogP contribution in [0.2, 0.25) is 0 Å². The summed E-state index contributed by atoms with van der Waals surface area (Å²) in [6.07, 6.45) is 1.18. The topological polar surface area (TPSA) is 44.4 Å². The van der Waals surface area contributed by atoms with E-state index in [1.165, 1.54) is 6.42 Å². The second-order valence-corrected chi connectivity index (χ2v) is 6.25. The Morgan fingerprint density at radius 2 is 2.37 bits per heavy atom. The SMILES string of the molecule is CNCC1CCN(CC(=O)Nc2cccc(I)c2)C1. The van der Waals surface area contributed by atoms with Crippen molar-refractivity contribution in [1.82, 2.24) is 10.2 Å². The Balaban J connectivity index is 1.79. The van der Waals surface area contributed by atoms with E-state index in [-0.39, 0.29) is 5.91 Å². The molecule has 1 saturated heterocycles. The molecule has 2 rings (SSSR count). The van der Waals surface area contributed by atoms with Gasteiger partial charge in [-0.25, -0.2) is 0 Å². The van der Waals surface area contributed by atoms with Crippen LogP contribution in [0.4, 0.5) is 5.69 Å². The van der Waals surface area contributed by atoms with Crippen LogP contribution in [-0.2, 0) is 4.79 Å². The largest absolute Gasteiger partial charge is 0.325 e. The number of rotatable bonds is 5. The molecule has 0 spiro atoms. The number of amides is 1.